The normalized spacial score (nSPS) is 34.1. The summed E-state index contributed by atoms with van der Waals surface area (Å²) in [6.45, 7) is 3.75. The van der Waals surface area contributed by atoms with E-state index in [4.69, 9.17) is 14.8 Å². The van der Waals surface area contributed by atoms with E-state index in [0.29, 0.717) is 31.8 Å². The molecule has 0 aliphatic heterocycles. The van der Waals surface area contributed by atoms with Gasteiger partial charge in [-0.05, 0) is 81.5 Å². The van der Waals surface area contributed by atoms with Crippen LogP contribution in [0.4, 0.5) is 0 Å². The van der Waals surface area contributed by atoms with Crippen LogP contribution in [0, 0.1) is 29.6 Å². The summed E-state index contributed by atoms with van der Waals surface area (Å²) >= 11 is 0. The first kappa shape index (κ1) is 23.0. The van der Waals surface area contributed by atoms with E-state index in [1.807, 2.05) is 0 Å². The van der Waals surface area contributed by atoms with Crippen molar-refractivity contribution in [1.29, 1.82) is 0 Å². The van der Waals surface area contributed by atoms with Crippen LogP contribution in [-0.4, -0.2) is 37.1 Å². The Balaban J connectivity index is 1.41. The highest BCUT2D eigenvalue weighted by atomic mass is 17.1. The summed E-state index contributed by atoms with van der Waals surface area (Å²) in [5.74, 6) is 1.68. The number of esters is 1. The lowest BCUT2D eigenvalue weighted by Gasteiger charge is -2.35. The lowest BCUT2D eigenvalue weighted by Crippen LogP contribution is -2.39. The number of ether oxygens (including phenoxy) is 1. The molecular formula is C23H41NO5. The van der Waals surface area contributed by atoms with Crippen molar-refractivity contribution < 1.29 is 24.5 Å². The summed E-state index contributed by atoms with van der Waals surface area (Å²) in [6, 6.07) is 0.429. The molecule has 0 heterocycles. The minimum atomic E-state index is -0.0577. The summed E-state index contributed by atoms with van der Waals surface area (Å²) in [5, 5.41) is 8.95. The van der Waals surface area contributed by atoms with E-state index in [1.54, 1.807) is 0 Å². The third-order valence-corrected chi connectivity index (χ3v) is 7.51. The topological polar surface area (TPSA) is 77.0 Å². The molecule has 3 unspecified atom stereocenters. The molecule has 3 aliphatic rings. The van der Waals surface area contributed by atoms with Gasteiger partial charge in [0.15, 0.2) is 0 Å². The van der Waals surface area contributed by atoms with Gasteiger partial charge >= 0.3 is 5.97 Å². The van der Waals surface area contributed by atoms with Gasteiger partial charge in [-0.3, -0.25) is 10.1 Å². The van der Waals surface area contributed by atoms with E-state index in [9.17, 15) is 4.79 Å². The second kappa shape index (κ2) is 12.2. The highest BCUT2D eigenvalue weighted by Gasteiger charge is 2.35. The second-order valence-electron chi connectivity index (χ2n) is 9.85. The summed E-state index contributed by atoms with van der Waals surface area (Å²) < 4.78 is 5.70. The average molecular weight is 412 g/mol. The van der Waals surface area contributed by atoms with Crippen LogP contribution in [0.15, 0.2) is 0 Å². The molecular weight excluding hydrogens is 370 g/mol. The van der Waals surface area contributed by atoms with Gasteiger partial charge in [0.25, 0.3) is 0 Å². The molecule has 29 heavy (non-hydrogen) atoms. The maximum absolute atomic E-state index is 12.6. The molecule has 0 aromatic carbocycles. The molecule has 6 heteroatoms. The van der Waals surface area contributed by atoms with Crippen LogP contribution in [0.3, 0.4) is 0 Å². The van der Waals surface area contributed by atoms with Crippen LogP contribution in [0.2, 0.25) is 0 Å². The van der Waals surface area contributed by atoms with Gasteiger partial charge in [0, 0.05) is 6.04 Å². The van der Waals surface area contributed by atoms with Crippen molar-refractivity contribution >= 4 is 5.97 Å². The zero-order valence-corrected chi connectivity index (χ0v) is 18.2. The number of carbonyl (C=O) groups excluding carboxylic acids is 1. The van der Waals surface area contributed by atoms with Crippen LogP contribution in [-0.2, 0) is 19.3 Å². The smallest absolute Gasteiger partial charge is 0.308 e. The molecule has 0 radical (unpaired) electrons. The molecule has 6 nitrogen and oxygen atoms in total. The van der Waals surface area contributed by atoms with E-state index in [0.717, 1.165) is 38.0 Å². The molecule has 0 bridgehead atoms. The minimum absolute atomic E-state index is 0.0434. The van der Waals surface area contributed by atoms with Crippen molar-refractivity contribution in [3.8, 4) is 0 Å². The lowest BCUT2D eigenvalue weighted by atomic mass is 9.74. The first-order valence-corrected chi connectivity index (χ1v) is 12.0. The van der Waals surface area contributed by atoms with E-state index in [1.165, 1.54) is 44.9 Å². The molecule has 168 valence electrons. The number of rotatable bonds is 9. The van der Waals surface area contributed by atoms with Gasteiger partial charge in [-0.2, -0.15) is 5.48 Å². The van der Waals surface area contributed by atoms with Gasteiger partial charge in [-0.25, -0.2) is 4.89 Å². The highest BCUT2D eigenvalue weighted by molar-refractivity contribution is 5.72. The van der Waals surface area contributed by atoms with Crippen molar-refractivity contribution in [2.24, 2.45) is 29.6 Å². The highest BCUT2D eigenvalue weighted by Crippen LogP contribution is 2.35. The Morgan fingerprint density at radius 1 is 0.897 bits per heavy atom. The Morgan fingerprint density at radius 3 is 2.38 bits per heavy atom. The number of carbonyl (C=O) groups is 1. The Kier molecular flexibility index (Phi) is 9.70. The van der Waals surface area contributed by atoms with E-state index in [2.05, 4.69) is 17.3 Å². The van der Waals surface area contributed by atoms with Crippen LogP contribution in [0.25, 0.3) is 0 Å². The molecule has 0 amide bonds. The summed E-state index contributed by atoms with van der Waals surface area (Å²) in [7, 11) is 0. The van der Waals surface area contributed by atoms with Crippen LogP contribution in [0.5, 0.6) is 0 Å². The standard InChI is InChI=1S/C23H41NO5/c1-17-7-11-22(12-8-17)24-28-15-21-13-19(9-10-20(21)16-29-26)23(25)27-14-18-5-3-2-4-6-18/h17-22,24,26H,2-16H2,1H3. The predicted octanol–water partition coefficient (Wildman–Crippen LogP) is 4.73. The second-order valence-corrected chi connectivity index (χ2v) is 9.85. The Hall–Kier alpha value is -0.690. The van der Waals surface area contributed by atoms with Crippen LogP contribution < -0.4 is 5.48 Å². The molecule has 2 N–H and O–H groups in total. The van der Waals surface area contributed by atoms with Gasteiger partial charge in [0.05, 0.1) is 25.7 Å². The SMILES string of the molecule is CC1CCC(NOCC2CC(C(=O)OCC3CCCCC3)CCC2COO)CC1. The van der Waals surface area contributed by atoms with Crippen molar-refractivity contribution in [3.63, 3.8) is 0 Å². The average Bonchev–Trinajstić information content (AvgIpc) is 2.75. The molecule has 3 atom stereocenters. The fourth-order valence-electron chi connectivity index (χ4n) is 5.38. The number of hydroxylamine groups is 1. The Bertz CT molecular complexity index is 474. The van der Waals surface area contributed by atoms with E-state index < -0.39 is 0 Å². The van der Waals surface area contributed by atoms with Crippen molar-refractivity contribution in [2.75, 3.05) is 19.8 Å². The summed E-state index contributed by atoms with van der Waals surface area (Å²) in [6.07, 6.45) is 13.5. The van der Waals surface area contributed by atoms with E-state index >= 15 is 0 Å². The lowest BCUT2D eigenvalue weighted by molar-refractivity contribution is -0.257. The number of hydrogen-bond acceptors (Lipinski definition) is 6. The number of hydrogen-bond donors (Lipinski definition) is 2. The number of nitrogens with one attached hydrogen (secondary N) is 1. The molecule has 0 aromatic heterocycles. The van der Waals surface area contributed by atoms with Gasteiger partial charge in [-0.1, -0.05) is 26.2 Å². The fourth-order valence-corrected chi connectivity index (χ4v) is 5.38. The van der Waals surface area contributed by atoms with Gasteiger partial charge in [0.1, 0.15) is 0 Å². The summed E-state index contributed by atoms with van der Waals surface area (Å²) in [5.41, 5.74) is 3.24. The van der Waals surface area contributed by atoms with Crippen LogP contribution >= 0.6 is 0 Å². The molecule has 3 saturated carbocycles. The third-order valence-electron chi connectivity index (χ3n) is 7.51. The summed E-state index contributed by atoms with van der Waals surface area (Å²) in [4.78, 5) is 23.0. The monoisotopic (exact) mass is 411 g/mol. The van der Waals surface area contributed by atoms with Crippen LogP contribution in [0.1, 0.15) is 84.0 Å². The molecule has 0 saturated heterocycles. The molecule has 0 spiro atoms. The van der Waals surface area contributed by atoms with Gasteiger partial charge in [-0.15, -0.1) is 0 Å². The Morgan fingerprint density at radius 2 is 1.66 bits per heavy atom. The maximum atomic E-state index is 12.6. The first-order valence-electron chi connectivity index (χ1n) is 12.0. The van der Waals surface area contributed by atoms with E-state index in [-0.39, 0.29) is 23.7 Å². The zero-order valence-electron chi connectivity index (χ0n) is 18.2. The first-order chi connectivity index (χ1) is 14.2. The van der Waals surface area contributed by atoms with Crippen molar-refractivity contribution in [3.05, 3.63) is 0 Å². The van der Waals surface area contributed by atoms with Crippen molar-refractivity contribution in [2.45, 2.75) is 90.0 Å². The largest absolute Gasteiger partial charge is 0.465 e. The molecule has 0 aromatic rings. The maximum Gasteiger partial charge on any atom is 0.308 e. The molecule has 3 aliphatic carbocycles. The van der Waals surface area contributed by atoms with Gasteiger partial charge < -0.3 is 9.57 Å². The molecule has 3 fully saturated rings. The minimum Gasteiger partial charge on any atom is -0.465 e. The quantitative estimate of drug-likeness (QED) is 0.324. The third kappa shape index (κ3) is 7.50. The predicted molar refractivity (Wildman–Crippen MR) is 111 cm³/mol. The zero-order chi connectivity index (χ0) is 20.5. The van der Waals surface area contributed by atoms with Gasteiger partial charge in [0.2, 0.25) is 0 Å². The Labute approximate surface area is 175 Å². The fraction of sp³-hybridized carbons (Fsp3) is 0.957. The van der Waals surface area contributed by atoms with Crippen molar-refractivity contribution in [1.82, 2.24) is 5.48 Å². The molecule has 3 rings (SSSR count).